The van der Waals surface area contributed by atoms with Crippen molar-refractivity contribution >= 4 is 5.82 Å². The third-order valence-electron chi connectivity index (χ3n) is 4.00. The predicted molar refractivity (Wildman–Crippen MR) is 89.8 cm³/mol. The Hall–Kier alpha value is -2.73. The molecule has 1 aliphatic heterocycles. The summed E-state index contributed by atoms with van der Waals surface area (Å²) in [5.74, 6) is 2.13. The van der Waals surface area contributed by atoms with E-state index in [0.717, 1.165) is 43.2 Å². The van der Waals surface area contributed by atoms with Crippen molar-refractivity contribution in [3.63, 3.8) is 0 Å². The van der Waals surface area contributed by atoms with Crippen LogP contribution in [0.2, 0.25) is 0 Å². The average Bonchev–Trinajstić information content (AvgIpc) is 3.12. The Labute approximate surface area is 140 Å². The maximum Gasteiger partial charge on any atom is 0.259 e. The number of nitrogens with zero attached hydrogens (tertiary/aromatic N) is 4. The summed E-state index contributed by atoms with van der Waals surface area (Å²) >= 11 is 0. The molecule has 4 rings (SSSR count). The summed E-state index contributed by atoms with van der Waals surface area (Å²) in [6, 6.07) is 14.1. The molecule has 0 unspecified atom stereocenters. The molecule has 1 fully saturated rings. The van der Waals surface area contributed by atoms with Crippen molar-refractivity contribution in [2.45, 2.75) is 6.42 Å². The van der Waals surface area contributed by atoms with E-state index < -0.39 is 0 Å². The monoisotopic (exact) mass is 322 g/mol. The highest BCUT2D eigenvalue weighted by molar-refractivity contribution is 5.54. The number of anilines is 1. The summed E-state index contributed by atoms with van der Waals surface area (Å²) in [4.78, 5) is 11.2. The van der Waals surface area contributed by atoms with Crippen LogP contribution in [0, 0.1) is 0 Å². The zero-order chi connectivity index (χ0) is 16.2. The Morgan fingerprint density at radius 1 is 1.00 bits per heavy atom. The third kappa shape index (κ3) is 3.28. The molecule has 0 bridgehead atoms. The number of hydrogen-bond donors (Lipinski definition) is 0. The Morgan fingerprint density at radius 3 is 2.58 bits per heavy atom. The van der Waals surface area contributed by atoms with Crippen LogP contribution in [-0.4, -0.2) is 41.4 Å². The van der Waals surface area contributed by atoms with Crippen molar-refractivity contribution in [1.29, 1.82) is 0 Å². The molecule has 1 aliphatic rings. The van der Waals surface area contributed by atoms with Crippen LogP contribution in [0.4, 0.5) is 5.82 Å². The molecule has 6 nitrogen and oxygen atoms in total. The quantitative estimate of drug-likeness (QED) is 0.735. The van der Waals surface area contributed by atoms with E-state index in [4.69, 9.17) is 9.26 Å². The zero-order valence-electron chi connectivity index (χ0n) is 13.3. The lowest BCUT2D eigenvalue weighted by molar-refractivity contribution is 0.122. The highest BCUT2D eigenvalue weighted by Crippen LogP contribution is 2.20. The minimum absolute atomic E-state index is 0.502. The Balaban J connectivity index is 1.48. The lowest BCUT2D eigenvalue weighted by atomic mass is 10.1. The van der Waals surface area contributed by atoms with Gasteiger partial charge in [-0.1, -0.05) is 35.5 Å². The first kappa shape index (κ1) is 14.8. The van der Waals surface area contributed by atoms with Crippen molar-refractivity contribution in [3.8, 4) is 11.5 Å². The van der Waals surface area contributed by atoms with Gasteiger partial charge < -0.3 is 14.2 Å². The molecule has 6 heteroatoms. The molecule has 3 aromatic rings. The van der Waals surface area contributed by atoms with Crippen molar-refractivity contribution in [2.24, 2.45) is 0 Å². The molecule has 0 radical (unpaired) electrons. The van der Waals surface area contributed by atoms with Crippen LogP contribution in [0.25, 0.3) is 11.5 Å². The maximum atomic E-state index is 5.37. The number of benzene rings is 1. The van der Waals surface area contributed by atoms with E-state index in [9.17, 15) is 0 Å². The number of hydrogen-bond acceptors (Lipinski definition) is 6. The first-order valence-electron chi connectivity index (χ1n) is 8.04. The molecular weight excluding hydrogens is 304 g/mol. The van der Waals surface area contributed by atoms with E-state index in [2.05, 4.69) is 32.2 Å². The summed E-state index contributed by atoms with van der Waals surface area (Å²) in [5.41, 5.74) is 1.99. The molecule has 0 aliphatic carbocycles. The second-order valence-corrected chi connectivity index (χ2v) is 5.68. The van der Waals surface area contributed by atoms with Gasteiger partial charge in [0.1, 0.15) is 5.82 Å². The average molecular weight is 322 g/mol. The van der Waals surface area contributed by atoms with Gasteiger partial charge in [-0.3, -0.25) is 0 Å². The van der Waals surface area contributed by atoms with Crippen LogP contribution >= 0.6 is 0 Å². The molecule has 24 heavy (non-hydrogen) atoms. The molecule has 2 aromatic heterocycles. The first-order valence-corrected chi connectivity index (χ1v) is 8.04. The maximum absolute atomic E-state index is 5.37. The minimum atomic E-state index is 0.502. The summed E-state index contributed by atoms with van der Waals surface area (Å²) in [5, 5.41) is 4.06. The summed E-state index contributed by atoms with van der Waals surface area (Å²) in [7, 11) is 0. The number of rotatable bonds is 4. The number of ether oxygens (including phenoxy) is 1. The normalized spacial score (nSPS) is 14.8. The van der Waals surface area contributed by atoms with Crippen molar-refractivity contribution < 1.29 is 9.26 Å². The number of morpholine rings is 1. The fourth-order valence-corrected chi connectivity index (χ4v) is 2.71. The van der Waals surface area contributed by atoms with Crippen LogP contribution in [0.15, 0.2) is 53.2 Å². The topological polar surface area (TPSA) is 64.3 Å². The van der Waals surface area contributed by atoms with Crippen LogP contribution in [0.5, 0.6) is 0 Å². The molecule has 0 amide bonds. The summed E-state index contributed by atoms with van der Waals surface area (Å²) in [6.45, 7) is 3.23. The molecule has 0 atom stereocenters. The Bertz CT molecular complexity index is 780. The SMILES string of the molecule is c1ccc(Cc2noc(-c3ccc(N4CCOCC4)nc3)n2)cc1. The molecule has 0 spiro atoms. The number of aromatic nitrogens is 3. The van der Waals surface area contributed by atoms with Gasteiger partial charge in [-0.25, -0.2) is 4.98 Å². The fourth-order valence-electron chi connectivity index (χ4n) is 2.71. The van der Waals surface area contributed by atoms with Gasteiger partial charge in [0.15, 0.2) is 5.82 Å². The first-order chi connectivity index (χ1) is 11.9. The minimum Gasteiger partial charge on any atom is -0.378 e. The molecule has 0 saturated carbocycles. The van der Waals surface area contributed by atoms with Gasteiger partial charge in [0.2, 0.25) is 0 Å². The van der Waals surface area contributed by atoms with Gasteiger partial charge in [0.25, 0.3) is 5.89 Å². The second-order valence-electron chi connectivity index (χ2n) is 5.68. The van der Waals surface area contributed by atoms with Crippen LogP contribution in [0.3, 0.4) is 0 Å². The van der Waals surface area contributed by atoms with E-state index in [1.54, 1.807) is 6.20 Å². The van der Waals surface area contributed by atoms with E-state index >= 15 is 0 Å². The van der Waals surface area contributed by atoms with Crippen LogP contribution in [-0.2, 0) is 11.2 Å². The highest BCUT2D eigenvalue weighted by atomic mass is 16.5. The third-order valence-corrected chi connectivity index (χ3v) is 4.00. The van der Waals surface area contributed by atoms with E-state index in [1.807, 2.05) is 30.3 Å². The van der Waals surface area contributed by atoms with Crippen LogP contribution < -0.4 is 4.90 Å². The predicted octanol–water partition coefficient (Wildman–Crippen LogP) is 2.56. The highest BCUT2D eigenvalue weighted by Gasteiger charge is 2.14. The molecule has 3 heterocycles. The van der Waals surface area contributed by atoms with E-state index in [1.165, 1.54) is 0 Å². The van der Waals surface area contributed by atoms with Crippen LogP contribution in [0.1, 0.15) is 11.4 Å². The number of pyridine rings is 1. The Kier molecular flexibility index (Phi) is 4.20. The summed E-state index contributed by atoms with van der Waals surface area (Å²) < 4.78 is 10.7. The van der Waals surface area contributed by atoms with Gasteiger partial charge in [-0.2, -0.15) is 4.98 Å². The van der Waals surface area contributed by atoms with E-state index in [0.29, 0.717) is 18.1 Å². The van der Waals surface area contributed by atoms with Crippen molar-refractivity contribution in [2.75, 3.05) is 31.2 Å². The standard InChI is InChI=1S/C18H18N4O2/c1-2-4-14(5-3-1)12-16-20-18(24-21-16)15-6-7-17(19-13-15)22-8-10-23-11-9-22/h1-7,13H,8-12H2. The largest absolute Gasteiger partial charge is 0.378 e. The lowest BCUT2D eigenvalue weighted by Crippen LogP contribution is -2.36. The molecular formula is C18H18N4O2. The second kappa shape index (κ2) is 6.80. The molecule has 1 aromatic carbocycles. The summed E-state index contributed by atoms with van der Waals surface area (Å²) in [6.07, 6.45) is 2.44. The fraction of sp³-hybridized carbons (Fsp3) is 0.278. The van der Waals surface area contributed by atoms with Crippen molar-refractivity contribution in [1.82, 2.24) is 15.1 Å². The van der Waals surface area contributed by atoms with Gasteiger partial charge >= 0.3 is 0 Å². The molecule has 122 valence electrons. The van der Waals surface area contributed by atoms with Crippen molar-refractivity contribution in [3.05, 3.63) is 60.0 Å². The van der Waals surface area contributed by atoms with Gasteiger partial charge in [0, 0.05) is 25.7 Å². The molecule has 1 saturated heterocycles. The smallest absolute Gasteiger partial charge is 0.259 e. The zero-order valence-corrected chi connectivity index (χ0v) is 13.3. The molecule has 0 N–H and O–H groups in total. The van der Waals surface area contributed by atoms with Gasteiger partial charge in [0.05, 0.1) is 18.8 Å². The van der Waals surface area contributed by atoms with Gasteiger partial charge in [-0.15, -0.1) is 0 Å². The lowest BCUT2D eigenvalue weighted by Gasteiger charge is -2.27. The Morgan fingerprint density at radius 2 is 1.83 bits per heavy atom. The van der Waals surface area contributed by atoms with Gasteiger partial charge in [-0.05, 0) is 17.7 Å². The van der Waals surface area contributed by atoms with E-state index in [-0.39, 0.29) is 0 Å².